The number of unbranched alkanes of at least 4 members (excludes halogenated alkanes) is 3. The van der Waals surface area contributed by atoms with E-state index in [0.29, 0.717) is 4.90 Å². The minimum atomic E-state index is -3.38. The smallest absolute Gasteiger partial charge is 0.208 e. The Morgan fingerprint density at radius 1 is 1.00 bits per heavy atom. The van der Waals surface area contributed by atoms with Crippen molar-refractivity contribution in [1.29, 1.82) is 0 Å². The second-order valence-corrected chi connectivity index (χ2v) is 7.48. The molecule has 120 valence electrons. The van der Waals surface area contributed by atoms with Gasteiger partial charge in [0.15, 0.2) is 0 Å². The maximum atomic E-state index is 12.3. The molecule has 1 atom stereocenters. The predicted octanol–water partition coefficient (Wildman–Crippen LogP) is 4.28. The first-order valence-corrected chi connectivity index (χ1v) is 9.59. The lowest BCUT2D eigenvalue weighted by Crippen LogP contribution is -2.32. The maximum Gasteiger partial charge on any atom is 0.240 e. The van der Waals surface area contributed by atoms with Gasteiger partial charge in [-0.05, 0) is 37.5 Å². The summed E-state index contributed by atoms with van der Waals surface area (Å²) in [6, 6.07) is 7.21. The van der Waals surface area contributed by atoms with Crippen molar-refractivity contribution in [3.63, 3.8) is 0 Å². The third-order valence-corrected chi connectivity index (χ3v) is 5.22. The van der Waals surface area contributed by atoms with E-state index in [9.17, 15) is 8.42 Å². The second-order valence-electron chi connectivity index (χ2n) is 5.77. The molecule has 0 bridgehead atoms. The average molecular weight is 311 g/mol. The predicted molar refractivity (Wildman–Crippen MR) is 89.0 cm³/mol. The SMILES string of the molecule is CCCCCCC(C)NS(=O)(=O)c1ccc(CCC)cc1. The summed E-state index contributed by atoms with van der Waals surface area (Å²) in [5, 5.41) is 0. The number of hydrogen-bond acceptors (Lipinski definition) is 2. The lowest BCUT2D eigenvalue weighted by atomic mass is 10.1. The highest BCUT2D eigenvalue weighted by Crippen LogP contribution is 2.14. The van der Waals surface area contributed by atoms with Crippen LogP contribution in [-0.4, -0.2) is 14.5 Å². The molecule has 0 aliphatic rings. The maximum absolute atomic E-state index is 12.3. The molecular formula is C17H29NO2S. The van der Waals surface area contributed by atoms with Gasteiger partial charge in [0.05, 0.1) is 4.90 Å². The molecule has 0 fully saturated rings. The molecule has 0 amide bonds. The van der Waals surface area contributed by atoms with Gasteiger partial charge in [0.2, 0.25) is 10.0 Å². The lowest BCUT2D eigenvalue weighted by molar-refractivity contribution is 0.522. The molecule has 1 aromatic rings. The molecule has 21 heavy (non-hydrogen) atoms. The van der Waals surface area contributed by atoms with Crippen molar-refractivity contribution in [2.24, 2.45) is 0 Å². The monoisotopic (exact) mass is 311 g/mol. The zero-order valence-corrected chi connectivity index (χ0v) is 14.4. The van der Waals surface area contributed by atoms with Gasteiger partial charge in [0.25, 0.3) is 0 Å². The van der Waals surface area contributed by atoms with Gasteiger partial charge in [0.1, 0.15) is 0 Å². The lowest BCUT2D eigenvalue weighted by Gasteiger charge is -2.14. The van der Waals surface area contributed by atoms with E-state index in [2.05, 4.69) is 18.6 Å². The van der Waals surface area contributed by atoms with Crippen molar-refractivity contribution in [1.82, 2.24) is 4.72 Å². The van der Waals surface area contributed by atoms with Gasteiger partial charge in [-0.25, -0.2) is 13.1 Å². The minimum Gasteiger partial charge on any atom is -0.208 e. The largest absolute Gasteiger partial charge is 0.240 e. The van der Waals surface area contributed by atoms with Crippen LogP contribution in [0.3, 0.4) is 0 Å². The van der Waals surface area contributed by atoms with Crippen LogP contribution in [0.1, 0.15) is 64.9 Å². The molecule has 4 heteroatoms. The van der Waals surface area contributed by atoms with Gasteiger partial charge < -0.3 is 0 Å². The number of rotatable bonds is 10. The number of sulfonamides is 1. The first-order valence-electron chi connectivity index (χ1n) is 8.10. The molecule has 0 radical (unpaired) electrons. The molecule has 0 aromatic heterocycles. The van der Waals surface area contributed by atoms with E-state index in [-0.39, 0.29) is 6.04 Å². The van der Waals surface area contributed by atoms with Crippen LogP contribution in [0.15, 0.2) is 29.2 Å². The van der Waals surface area contributed by atoms with Crippen LogP contribution in [-0.2, 0) is 16.4 Å². The zero-order chi connectivity index (χ0) is 15.7. The molecule has 0 heterocycles. The highest BCUT2D eigenvalue weighted by molar-refractivity contribution is 7.89. The fraction of sp³-hybridized carbons (Fsp3) is 0.647. The van der Waals surface area contributed by atoms with Crippen LogP contribution < -0.4 is 4.72 Å². The Morgan fingerprint density at radius 2 is 1.67 bits per heavy atom. The minimum absolute atomic E-state index is 0.0119. The number of aryl methyl sites for hydroxylation is 1. The van der Waals surface area contributed by atoms with Gasteiger partial charge in [0, 0.05) is 6.04 Å². The average Bonchev–Trinajstić information content (AvgIpc) is 2.44. The summed E-state index contributed by atoms with van der Waals surface area (Å²) in [6.45, 7) is 6.23. The van der Waals surface area contributed by atoms with Crippen LogP contribution in [0.2, 0.25) is 0 Å². The Hall–Kier alpha value is -0.870. The van der Waals surface area contributed by atoms with Crippen LogP contribution in [0.4, 0.5) is 0 Å². The number of nitrogens with one attached hydrogen (secondary N) is 1. The first kappa shape index (κ1) is 18.2. The third-order valence-electron chi connectivity index (χ3n) is 3.62. The van der Waals surface area contributed by atoms with Crippen LogP contribution in [0.5, 0.6) is 0 Å². The Bertz CT molecular complexity index is 494. The quantitative estimate of drug-likeness (QED) is 0.656. The highest BCUT2D eigenvalue weighted by atomic mass is 32.2. The summed E-state index contributed by atoms with van der Waals surface area (Å²) >= 11 is 0. The fourth-order valence-electron chi connectivity index (χ4n) is 2.39. The molecule has 1 rings (SSSR count). The summed E-state index contributed by atoms with van der Waals surface area (Å²) < 4.78 is 27.4. The Kier molecular flexibility index (Phi) is 7.97. The van der Waals surface area contributed by atoms with Crippen LogP contribution >= 0.6 is 0 Å². The van der Waals surface area contributed by atoms with Crippen molar-refractivity contribution in [2.45, 2.75) is 76.7 Å². The zero-order valence-electron chi connectivity index (χ0n) is 13.6. The van der Waals surface area contributed by atoms with Crippen LogP contribution in [0.25, 0.3) is 0 Å². The van der Waals surface area contributed by atoms with E-state index in [1.807, 2.05) is 19.1 Å². The second kappa shape index (κ2) is 9.21. The molecular weight excluding hydrogens is 282 g/mol. The van der Waals surface area contributed by atoms with Crippen LogP contribution in [0, 0.1) is 0 Å². The van der Waals surface area contributed by atoms with Crippen molar-refractivity contribution < 1.29 is 8.42 Å². The molecule has 0 spiro atoms. The third kappa shape index (κ3) is 6.62. The molecule has 0 saturated carbocycles. The van der Waals surface area contributed by atoms with Crippen molar-refractivity contribution in [3.8, 4) is 0 Å². The van der Waals surface area contributed by atoms with E-state index < -0.39 is 10.0 Å². The Balaban J connectivity index is 2.55. The summed E-state index contributed by atoms with van der Waals surface area (Å²) in [4.78, 5) is 0.364. The normalized spacial score (nSPS) is 13.3. The molecule has 1 N–H and O–H groups in total. The molecule has 0 aliphatic heterocycles. The van der Waals surface area contributed by atoms with Crippen molar-refractivity contribution in [3.05, 3.63) is 29.8 Å². The summed E-state index contributed by atoms with van der Waals surface area (Å²) in [5.74, 6) is 0. The van der Waals surface area contributed by atoms with E-state index in [0.717, 1.165) is 25.7 Å². The van der Waals surface area contributed by atoms with Gasteiger partial charge in [-0.2, -0.15) is 0 Å². The molecule has 0 saturated heterocycles. The summed E-state index contributed by atoms with van der Waals surface area (Å²) in [6.07, 6.45) is 7.62. The van der Waals surface area contributed by atoms with Gasteiger partial charge in [-0.1, -0.05) is 58.1 Å². The number of hydrogen-bond donors (Lipinski definition) is 1. The first-order chi connectivity index (χ1) is 9.99. The van der Waals surface area contributed by atoms with E-state index >= 15 is 0 Å². The fourth-order valence-corrected chi connectivity index (χ4v) is 3.67. The molecule has 1 aromatic carbocycles. The van der Waals surface area contributed by atoms with Crippen molar-refractivity contribution >= 4 is 10.0 Å². The van der Waals surface area contributed by atoms with Crippen molar-refractivity contribution in [2.75, 3.05) is 0 Å². The topological polar surface area (TPSA) is 46.2 Å². The summed E-state index contributed by atoms with van der Waals surface area (Å²) in [7, 11) is -3.38. The Labute approximate surface area is 130 Å². The van der Waals surface area contributed by atoms with Gasteiger partial charge >= 0.3 is 0 Å². The van der Waals surface area contributed by atoms with E-state index in [4.69, 9.17) is 0 Å². The number of benzene rings is 1. The Morgan fingerprint density at radius 3 is 2.24 bits per heavy atom. The highest BCUT2D eigenvalue weighted by Gasteiger charge is 2.16. The summed E-state index contributed by atoms with van der Waals surface area (Å²) in [5.41, 5.74) is 1.18. The molecule has 1 unspecified atom stereocenters. The van der Waals surface area contributed by atoms with Gasteiger partial charge in [-0.15, -0.1) is 0 Å². The van der Waals surface area contributed by atoms with E-state index in [1.165, 1.54) is 24.8 Å². The molecule has 3 nitrogen and oxygen atoms in total. The van der Waals surface area contributed by atoms with Gasteiger partial charge in [-0.3, -0.25) is 0 Å². The standard InChI is InChI=1S/C17H29NO2S/c1-4-6-7-8-10-15(3)18-21(19,20)17-13-11-16(9-5-2)12-14-17/h11-15,18H,4-10H2,1-3H3. The van der Waals surface area contributed by atoms with E-state index in [1.54, 1.807) is 12.1 Å². The molecule has 0 aliphatic carbocycles.